The van der Waals surface area contributed by atoms with E-state index < -0.39 is 142 Å². The van der Waals surface area contributed by atoms with Crippen LogP contribution in [0.2, 0.25) is 0 Å². The van der Waals surface area contributed by atoms with Gasteiger partial charge in [-0.1, -0.05) is 6.08 Å². The first-order valence-electron chi connectivity index (χ1n) is 14.6. The Labute approximate surface area is 256 Å². The Morgan fingerprint density at radius 1 is 0.600 bits per heavy atom. The van der Waals surface area contributed by atoms with Gasteiger partial charge in [-0.3, -0.25) is 0 Å². The van der Waals surface area contributed by atoms with Gasteiger partial charge in [0.25, 0.3) is 0 Å². The minimum Gasteiger partial charge on any atom is -0.396 e. The van der Waals surface area contributed by atoms with Crippen LogP contribution in [0.25, 0.3) is 0 Å². The molecule has 19 heteroatoms. The van der Waals surface area contributed by atoms with Crippen LogP contribution in [-0.2, 0) is 18.9 Å². The normalized spacial score (nSPS) is 51.2. The summed E-state index contributed by atoms with van der Waals surface area (Å²) in [5.41, 5.74) is -0.0179. The third-order valence-corrected chi connectivity index (χ3v) is 9.00. The molecule has 2 saturated heterocycles. The summed E-state index contributed by atoms with van der Waals surface area (Å²) in [5.74, 6) is -0.928. The van der Waals surface area contributed by atoms with Crippen molar-refractivity contribution in [1.82, 2.24) is 5.32 Å². The average Bonchev–Trinajstić information content (AvgIpc) is 3.03. The molecule has 0 bridgehead atoms. The third kappa shape index (κ3) is 7.37. The van der Waals surface area contributed by atoms with Crippen molar-refractivity contribution in [1.29, 1.82) is 0 Å². The van der Waals surface area contributed by atoms with Gasteiger partial charge in [0.05, 0.1) is 38.1 Å². The first kappa shape index (κ1) is 36.8. The summed E-state index contributed by atoms with van der Waals surface area (Å²) in [4.78, 5) is 0. The van der Waals surface area contributed by atoms with Gasteiger partial charge in [0.1, 0.15) is 73.2 Å². The van der Waals surface area contributed by atoms with Crippen LogP contribution in [0.15, 0.2) is 11.6 Å². The molecular weight excluding hydrogens is 614 g/mol. The van der Waals surface area contributed by atoms with Crippen molar-refractivity contribution < 1.29 is 90.4 Å². The van der Waals surface area contributed by atoms with Gasteiger partial charge in [0.2, 0.25) is 0 Å². The van der Waals surface area contributed by atoms with Gasteiger partial charge in [0, 0.05) is 18.6 Å². The smallest absolute Gasteiger partial charge is 0.187 e. The number of hydrogen-bond donors (Lipinski definition) is 15. The van der Waals surface area contributed by atoms with Crippen molar-refractivity contribution in [3.63, 3.8) is 0 Å². The topological polar surface area (TPSA) is 332 Å². The molecule has 2 aliphatic carbocycles. The van der Waals surface area contributed by atoms with Gasteiger partial charge < -0.3 is 95.8 Å². The Balaban J connectivity index is 1.45. The lowest BCUT2D eigenvalue weighted by atomic mass is 9.78. The fourth-order valence-electron chi connectivity index (χ4n) is 6.25. The van der Waals surface area contributed by atoms with E-state index in [1.807, 2.05) is 0 Å². The molecule has 2 aliphatic heterocycles. The number of nitrogens with one attached hydrogen (secondary N) is 1. The second-order valence-corrected chi connectivity index (χ2v) is 11.9. The monoisotopic (exact) mass is 659 g/mol. The Morgan fingerprint density at radius 3 is 1.62 bits per heavy atom. The molecule has 0 aromatic carbocycles. The highest BCUT2D eigenvalue weighted by molar-refractivity contribution is 5.23. The summed E-state index contributed by atoms with van der Waals surface area (Å²) in [6.07, 6.45) is -25.0. The molecule has 19 atom stereocenters. The Bertz CT molecular complexity index is 972. The first-order chi connectivity index (χ1) is 21.3. The van der Waals surface area contributed by atoms with Crippen LogP contribution in [0.5, 0.6) is 0 Å². The van der Waals surface area contributed by atoms with Gasteiger partial charge in [-0.2, -0.15) is 0 Å². The Morgan fingerprint density at radius 2 is 1.13 bits per heavy atom. The summed E-state index contributed by atoms with van der Waals surface area (Å²) in [6.45, 7) is -2.81. The number of rotatable bonds is 10. The molecule has 15 N–H and O–H groups in total. The fourth-order valence-corrected chi connectivity index (χ4v) is 6.25. The van der Waals surface area contributed by atoms with E-state index in [9.17, 15) is 71.5 Å². The molecule has 0 aromatic rings. The summed E-state index contributed by atoms with van der Waals surface area (Å²) in [6, 6.07) is -2.23. The van der Waals surface area contributed by atoms with Crippen LogP contribution in [-0.4, -0.2) is 208 Å². The molecule has 4 aliphatic rings. The SMILES string of the molecule is OCC1=C[C@H](N[C@H]2C[C@H](CO)[C@@H](O[C@@H]3O[C@H](CO)[C@@H](O)[C@H](O)[C@H]3O)[C@H](O)[C@H]2O)[C@H](O)[C@@H](O)[C@@H]1O[C@H]1O[C@H](CO)[C@@H](O)[C@H](O)[C@H]1O. The lowest BCUT2D eigenvalue weighted by Gasteiger charge is -2.48. The lowest BCUT2D eigenvalue weighted by Crippen LogP contribution is -2.66. The van der Waals surface area contributed by atoms with Gasteiger partial charge in [-0.05, 0) is 12.0 Å². The maximum Gasteiger partial charge on any atom is 0.187 e. The standard InChI is InChI=1S/C26H45NO18/c28-3-7-1-9(13(32)19(38)23(7)44-25-21(40)17(36)15(34)11(5-30)42-25)27-10-2-8(4-29)24(20(39)14(10)33)45-26-22(41)18(37)16(35)12(6-31)43-26/h1,8-41H,2-6H2/t8-,9+,10+,11-,12-,13+,14+,15-,16-,17+,18+,19-,20-,21-,22-,23-,24-,25-,26+/m1/s1. The van der Waals surface area contributed by atoms with Crippen molar-refractivity contribution in [3.05, 3.63) is 11.6 Å². The van der Waals surface area contributed by atoms with E-state index in [0.717, 1.165) is 0 Å². The van der Waals surface area contributed by atoms with E-state index in [1.54, 1.807) is 0 Å². The highest BCUT2D eigenvalue weighted by Crippen LogP contribution is 2.34. The summed E-state index contributed by atoms with van der Waals surface area (Å²) < 4.78 is 21.8. The van der Waals surface area contributed by atoms with Crippen LogP contribution in [0.4, 0.5) is 0 Å². The summed E-state index contributed by atoms with van der Waals surface area (Å²) in [7, 11) is 0. The van der Waals surface area contributed by atoms with Gasteiger partial charge in [-0.25, -0.2) is 0 Å². The van der Waals surface area contributed by atoms with E-state index in [1.165, 1.54) is 6.08 Å². The average molecular weight is 660 g/mol. The highest BCUT2D eigenvalue weighted by Gasteiger charge is 2.52. The number of hydrogen-bond acceptors (Lipinski definition) is 19. The van der Waals surface area contributed by atoms with Crippen LogP contribution in [0, 0.1) is 5.92 Å². The lowest BCUT2D eigenvalue weighted by molar-refractivity contribution is -0.328. The highest BCUT2D eigenvalue weighted by atomic mass is 16.7. The fraction of sp³-hybridized carbons (Fsp3) is 0.923. The zero-order valence-electron chi connectivity index (χ0n) is 24.0. The maximum atomic E-state index is 11.0. The molecule has 4 rings (SSSR count). The minimum atomic E-state index is -1.82. The molecule has 0 amide bonds. The van der Waals surface area contributed by atoms with Crippen LogP contribution in [0.1, 0.15) is 6.42 Å². The number of aliphatic hydroxyl groups excluding tert-OH is 14. The molecule has 0 radical (unpaired) electrons. The molecule has 262 valence electrons. The van der Waals surface area contributed by atoms with Crippen molar-refractivity contribution in [3.8, 4) is 0 Å². The quantitative estimate of drug-likeness (QED) is 0.0968. The number of aliphatic hydroxyl groups is 14. The Hall–Kier alpha value is -1.02. The molecular formula is C26H45NO18. The molecule has 45 heavy (non-hydrogen) atoms. The molecule has 0 spiro atoms. The second-order valence-electron chi connectivity index (χ2n) is 11.9. The molecule has 1 saturated carbocycles. The van der Waals surface area contributed by atoms with Gasteiger partial charge in [-0.15, -0.1) is 0 Å². The van der Waals surface area contributed by atoms with Crippen molar-refractivity contribution >= 4 is 0 Å². The van der Waals surface area contributed by atoms with E-state index in [-0.39, 0.29) is 12.0 Å². The van der Waals surface area contributed by atoms with Crippen LogP contribution in [0.3, 0.4) is 0 Å². The Kier molecular flexibility index (Phi) is 12.7. The zero-order chi connectivity index (χ0) is 33.3. The molecule has 0 aromatic heterocycles. The van der Waals surface area contributed by atoms with Gasteiger partial charge >= 0.3 is 0 Å². The minimum absolute atomic E-state index is 0.0179. The molecule has 19 nitrogen and oxygen atoms in total. The van der Waals surface area contributed by atoms with E-state index in [2.05, 4.69) is 5.32 Å². The van der Waals surface area contributed by atoms with E-state index >= 15 is 0 Å². The summed E-state index contributed by atoms with van der Waals surface area (Å²) >= 11 is 0. The van der Waals surface area contributed by atoms with Crippen molar-refractivity contribution in [2.75, 3.05) is 26.4 Å². The maximum absolute atomic E-state index is 11.0. The van der Waals surface area contributed by atoms with E-state index in [4.69, 9.17) is 18.9 Å². The first-order valence-corrected chi connectivity index (χ1v) is 14.6. The van der Waals surface area contributed by atoms with E-state index in [0.29, 0.717) is 0 Å². The van der Waals surface area contributed by atoms with Gasteiger partial charge in [0.15, 0.2) is 12.6 Å². The molecule has 3 fully saturated rings. The number of ether oxygens (including phenoxy) is 4. The largest absolute Gasteiger partial charge is 0.396 e. The van der Waals surface area contributed by atoms with Crippen LogP contribution < -0.4 is 5.32 Å². The predicted octanol–water partition coefficient (Wildman–Crippen LogP) is -8.93. The second kappa shape index (κ2) is 15.5. The van der Waals surface area contributed by atoms with Crippen LogP contribution >= 0.6 is 0 Å². The van der Waals surface area contributed by atoms with Crippen molar-refractivity contribution in [2.45, 2.75) is 117 Å². The third-order valence-electron chi connectivity index (χ3n) is 9.00. The van der Waals surface area contributed by atoms with Crippen molar-refractivity contribution in [2.24, 2.45) is 5.92 Å². The zero-order valence-corrected chi connectivity index (χ0v) is 24.0. The summed E-state index contributed by atoms with van der Waals surface area (Å²) in [5, 5.41) is 146. The molecule has 0 unspecified atom stereocenters. The molecule has 2 heterocycles. The predicted molar refractivity (Wildman–Crippen MR) is 142 cm³/mol.